The molecule has 0 amide bonds. The van der Waals surface area contributed by atoms with Gasteiger partial charge in [-0.1, -0.05) is 12.1 Å². The largest absolute Gasteiger partial charge is 0.378 e. The smallest absolute Gasteiger partial charge is 0.0642 e. The van der Waals surface area contributed by atoms with Gasteiger partial charge >= 0.3 is 0 Å². The highest BCUT2D eigenvalue weighted by molar-refractivity contribution is 9.10. The minimum atomic E-state index is 0.835. The summed E-state index contributed by atoms with van der Waals surface area (Å²) >= 11 is 3.55. The number of ether oxygens (including phenoxy) is 1. The van der Waals surface area contributed by atoms with Gasteiger partial charge < -0.3 is 9.64 Å². The van der Waals surface area contributed by atoms with Crippen molar-refractivity contribution in [2.45, 2.75) is 0 Å². The van der Waals surface area contributed by atoms with Crippen molar-refractivity contribution in [2.24, 2.45) is 0 Å². The third-order valence-electron chi connectivity index (χ3n) is 2.20. The first-order chi connectivity index (χ1) is 6.38. The van der Waals surface area contributed by atoms with Gasteiger partial charge in [0.2, 0.25) is 0 Å². The molecule has 3 heteroatoms. The summed E-state index contributed by atoms with van der Waals surface area (Å²) in [6.45, 7) is 3.65. The lowest BCUT2D eigenvalue weighted by molar-refractivity contribution is 0.122. The van der Waals surface area contributed by atoms with Crippen LogP contribution in [0, 0.1) is 0 Å². The number of nitrogens with zero attached hydrogens (tertiary/aromatic N) is 1. The summed E-state index contributed by atoms with van der Waals surface area (Å²) < 4.78 is 6.47. The Labute approximate surface area is 86.6 Å². The fourth-order valence-electron chi connectivity index (χ4n) is 1.51. The molecule has 1 heterocycles. The van der Waals surface area contributed by atoms with Crippen LogP contribution in [0.3, 0.4) is 0 Å². The zero-order chi connectivity index (χ0) is 9.10. The van der Waals surface area contributed by atoms with E-state index in [0.29, 0.717) is 0 Å². The van der Waals surface area contributed by atoms with E-state index in [1.165, 1.54) is 5.69 Å². The zero-order valence-electron chi connectivity index (χ0n) is 7.37. The Bertz CT molecular complexity index is 284. The lowest BCUT2D eigenvalue weighted by atomic mass is 10.3. The van der Waals surface area contributed by atoms with Crippen LogP contribution >= 0.6 is 15.9 Å². The van der Waals surface area contributed by atoms with Gasteiger partial charge in [0.1, 0.15) is 0 Å². The lowest BCUT2D eigenvalue weighted by Gasteiger charge is -2.29. The van der Waals surface area contributed by atoms with Crippen LogP contribution in [-0.2, 0) is 4.74 Å². The molecule has 2 nitrogen and oxygen atoms in total. The lowest BCUT2D eigenvalue weighted by Crippen LogP contribution is -2.36. The van der Waals surface area contributed by atoms with Crippen molar-refractivity contribution in [3.8, 4) is 0 Å². The minimum Gasteiger partial charge on any atom is -0.378 e. The van der Waals surface area contributed by atoms with Gasteiger partial charge in [-0.25, -0.2) is 0 Å². The number of rotatable bonds is 1. The van der Waals surface area contributed by atoms with Crippen molar-refractivity contribution < 1.29 is 4.74 Å². The molecule has 0 bridgehead atoms. The summed E-state index contributed by atoms with van der Waals surface area (Å²) in [6, 6.07) is 8.31. The number of benzene rings is 1. The van der Waals surface area contributed by atoms with E-state index in [1.54, 1.807) is 0 Å². The third-order valence-corrected chi connectivity index (χ3v) is 2.87. The summed E-state index contributed by atoms with van der Waals surface area (Å²) in [7, 11) is 0. The average Bonchev–Trinajstić information content (AvgIpc) is 2.20. The number of anilines is 1. The molecule has 1 aliphatic heterocycles. The summed E-state index contributed by atoms with van der Waals surface area (Å²) in [6.07, 6.45) is 0. The Hall–Kier alpha value is -0.540. The molecule has 1 aromatic carbocycles. The monoisotopic (exact) mass is 241 g/mol. The van der Waals surface area contributed by atoms with Crippen molar-refractivity contribution in [2.75, 3.05) is 31.2 Å². The maximum atomic E-state index is 5.30. The molecule has 1 saturated heterocycles. The maximum Gasteiger partial charge on any atom is 0.0642 e. The molecule has 0 spiro atoms. The third kappa shape index (κ3) is 2.03. The predicted molar refractivity (Wildman–Crippen MR) is 57.2 cm³/mol. The summed E-state index contributed by atoms with van der Waals surface area (Å²) in [5.74, 6) is 0. The van der Waals surface area contributed by atoms with Crippen LogP contribution in [0.5, 0.6) is 0 Å². The van der Waals surface area contributed by atoms with Gasteiger partial charge in [0, 0.05) is 17.6 Å². The molecule has 70 valence electrons. The first-order valence-corrected chi connectivity index (χ1v) is 5.24. The Balaban J connectivity index is 2.18. The Kier molecular flexibility index (Phi) is 2.86. The molecule has 0 unspecified atom stereocenters. The molecule has 0 atom stereocenters. The molecule has 1 aliphatic rings. The van der Waals surface area contributed by atoms with E-state index < -0.39 is 0 Å². The highest BCUT2D eigenvalue weighted by Gasteiger charge is 2.12. The molecule has 1 fully saturated rings. The minimum absolute atomic E-state index is 0.835. The van der Waals surface area contributed by atoms with Crippen molar-refractivity contribution >= 4 is 21.6 Å². The molecule has 2 rings (SSSR count). The van der Waals surface area contributed by atoms with Crippen molar-refractivity contribution in [1.82, 2.24) is 0 Å². The van der Waals surface area contributed by atoms with Gasteiger partial charge in [-0.15, -0.1) is 0 Å². The fraction of sp³-hybridized carbons (Fsp3) is 0.400. The summed E-state index contributed by atoms with van der Waals surface area (Å²) in [5, 5.41) is 0. The molecule has 0 radical (unpaired) electrons. The fourth-order valence-corrected chi connectivity index (χ4v) is 2.05. The van der Waals surface area contributed by atoms with Gasteiger partial charge in [0.05, 0.1) is 18.9 Å². The van der Waals surface area contributed by atoms with E-state index in [4.69, 9.17) is 4.74 Å². The average molecular weight is 242 g/mol. The van der Waals surface area contributed by atoms with Crippen molar-refractivity contribution in [3.63, 3.8) is 0 Å². The number of halogens is 1. The van der Waals surface area contributed by atoms with Crippen LogP contribution in [0.15, 0.2) is 28.7 Å². The molecular formula is C10H12BrNO. The Morgan fingerprint density at radius 1 is 1.15 bits per heavy atom. The molecule has 0 N–H and O–H groups in total. The number of para-hydroxylation sites is 1. The van der Waals surface area contributed by atoms with Gasteiger partial charge in [-0.3, -0.25) is 0 Å². The van der Waals surface area contributed by atoms with Gasteiger partial charge in [0.25, 0.3) is 0 Å². The van der Waals surface area contributed by atoms with Gasteiger partial charge in [-0.2, -0.15) is 0 Å². The number of hydrogen-bond acceptors (Lipinski definition) is 2. The van der Waals surface area contributed by atoms with E-state index in [9.17, 15) is 0 Å². The van der Waals surface area contributed by atoms with Crippen LogP contribution in [0.25, 0.3) is 0 Å². The second kappa shape index (κ2) is 4.11. The molecule has 0 aromatic heterocycles. The Morgan fingerprint density at radius 3 is 2.54 bits per heavy atom. The topological polar surface area (TPSA) is 12.5 Å². The van der Waals surface area contributed by atoms with E-state index >= 15 is 0 Å². The highest BCUT2D eigenvalue weighted by Crippen LogP contribution is 2.25. The van der Waals surface area contributed by atoms with Crippen LogP contribution in [0.1, 0.15) is 0 Å². The van der Waals surface area contributed by atoms with Gasteiger partial charge in [0.15, 0.2) is 0 Å². The number of morpholine rings is 1. The zero-order valence-corrected chi connectivity index (χ0v) is 8.96. The first kappa shape index (κ1) is 9.03. The van der Waals surface area contributed by atoms with E-state index in [-0.39, 0.29) is 0 Å². The van der Waals surface area contributed by atoms with E-state index in [2.05, 4.69) is 39.0 Å². The first-order valence-electron chi connectivity index (χ1n) is 4.45. The second-order valence-electron chi connectivity index (χ2n) is 3.05. The maximum absolute atomic E-state index is 5.30. The predicted octanol–water partition coefficient (Wildman–Crippen LogP) is 2.29. The van der Waals surface area contributed by atoms with Crippen molar-refractivity contribution in [1.29, 1.82) is 0 Å². The number of hydrogen-bond donors (Lipinski definition) is 0. The van der Waals surface area contributed by atoms with Gasteiger partial charge in [-0.05, 0) is 28.1 Å². The van der Waals surface area contributed by atoms with Crippen LogP contribution in [0.2, 0.25) is 0 Å². The molecule has 0 aliphatic carbocycles. The highest BCUT2D eigenvalue weighted by atomic mass is 79.9. The van der Waals surface area contributed by atoms with E-state index in [0.717, 1.165) is 30.8 Å². The normalized spacial score (nSPS) is 17.5. The standard InChI is InChI=1S/C10H12BrNO/c11-9-3-1-2-4-10(9)12-5-7-13-8-6-12/h1-4H,5-8H2. The molecule has 0 saturated carbocycles. The van der Waals surface area contributed by atoms with Crippen LogP contribution in [-0.4, -0.2) is 26.3 Å². The molecular weight excluding hydrogens is 230 g/mol. The summed E-state index contributed by atoms with van der Waals surface area (Å²) in [5.41, 5.74) is 1.27. The Morgan fingerprint density at radius 2 is 1.85 bits per heavy atom. The molecule has 1 aromatic rings. The second-order valence-corrected chi connectivity index (χ2v) is 3.91. The van der Waals surface area contributed by atoms with Crippen LogP contribution in [0.4, 0.5) is 5.69 Å². The summed E-state index contributed by atoms with van der Waals surface area (Å²) in [4.78, 5) is 2.34. The van der Waals surface area contributed by atoms with E-state index in [1.807, 2.05) is 6.07 Å². The van der Waals surface area contributed by atoms with Crippen molar-refractivity contribution in [3.05, 3.63) is 28.7 Å². The quantitative estimate of drug-likeness (QED) is 0.749. The SMILES string of the molecule is Brc1ccccc1N1CCOCC1. The van der Waals surface area contributed by atoms with Crippen LogP contribution < -0.4 is 4.90 Å². The molecule has 13 heavy (non-hydrogen) atoms.